The minimum Gasteiger partial charge on any atom is -0.224 e. The van der Waals surface area contributed by atoms with Gasteiger partial charge in [-0.25, -0.2) is 4.98 Å². The van der Waals surface area contributed by atoms with Crippen molar-refractivity contribution >= 4 is 57.9 Å². The molecule has 0 unspecified atom stereocenters. The van der Waals surface area contributed by atoms with Gasteiger partial charge in [-0.15, -0.1) is 11.8 Å². The lowest BCUT2D eigenvalue weighted by Gasteiger charge is -2.03. The summed E-state index contributed by atoms with van der Waals surface area (Å²) in [5.41, 5.74) is 1.85. The second-order valence-corrected chi connectivity index (χ2v) is 7.69. The number of unbranched alkanes of at least 4 members (excludes halogenated alkanes) is 1. The van der Waals surface area contributed by atoms with Crippen molar-refractivity contribution in [2.75, 3.05) is 5.75 Å². The Labute approximate surface area is 136 Å². The van der Waals surface area contributed by atoms with E-state index in [1.807, 2.05) is 12.1 Å². The van der Waals surface area contributed by atoms with Gasteiger partial charge in [-0.3, -0.25) is 0 Å². The van der Waals surface area contributed by atoms with Crippen molar-refractivity contribution < 1.29 is 0 Å². The molecule has 0 fully saturated rings. The third-order valence-corrected chi connectivity index (χ3v) is 5.74. The van der Waals surface area contributed by atoms with Gasteiger partial charge in [0.05, 0.1) is 19.9 Å². The third kappa shape index (κ3) is 4.02. The lowest BCUT2D eigenvalue weighted by molar-refractivity contribution is 0.896. The van der Waals surface area contributed by atoms with Crippen LogP contribution >= 0.6 is 57.9 Å². The van der Waals surface area contributed by atoms with Crippen molar-refractivity contribution in [3.05, 3.63) is 32.7 Å². The maximum Gasteiger partial charge on any atom is 0.185 e. The van der Waals surface area contributed by atoms with Crippen LogP contribution in [-0.2, 0) is 0 Å². The normalized spacial score (nSPS) is 10.9. The van der Waals surface area contributed by atoms with Gasteiger partial charge in [0.1, 0.15) is 0 Å². The van der Waals surface area contributed by atoms with E-state index in [2.05, 4.69) is 11.9 Å². The number of rotatable bonds is 5. The van der Waals surface area contributed by atoms with Crippen molar-refractivity contribution in [3.63, 3.8) is 0 Å². The van der Waals surface area contributed by atoms with Crippen LogP contribution in [0.1, 0.15) is 19.8 Å². The lowest BCUT2D eigenvalue weighted by Crippen LogP contribution is -1.83. The fraction of sp³-hybridized carbons (Fsp3) is 0.308. The standard InChI is InChI=1S/C13H12Cl3NS2/c1-2-3-6-18-12-11(17-13(16)19-12)8-4-5-9(14)10(15)7-8/h4-5,7H,2-3,6H2,1H3. The van der Waals surface area contributed by atoms with Gasteiger partial charge in [-0.1, -0.05) is 65.6 Å². The first kappa shape index (κ1) is 15.5. The molecular weight excluding hydrogens is 341 g/mol. The highest BCUT2D eigenvalue weighted by molar-refractivity contribution is 8.01. The predicted octanol–water partition coefficient (Wildman–Crippen LogP) is 6.66. The van der Waals surface area contributed by atoms with Crippen LogP contribution in [0.5, 0.6) is 0 Å². The van der Waals surface area contributed by atoms with Crippen molar-refractivity contribution in [1.29, 1.82) is 0 Å². The van der Waals surface area contributed by atoms with E-state index in [0.29, 0.717) is 14.5 Å². The molecule has 0 amide bonds. The number of thioether (sulfide) groups is 1. The number of halogens is 3. The first-order valence-electron chi connectivity index (χ1n) is 5.86. The molecule has 0 aliphatic carbocycles. The molecule has 0 aliphatic rings. The van der Waals surface area contributed by atoms with Gasteiger partial charge in [-0.2, -0.15) is 0 Å². The number of nitrogens with zero attached hydrogens (tertiary/aromatic N) is 1. The molecule has 0 N–H and O–H groups in total. The number of thiazole rings is 1. The molecule has 102 valence electrons. The molecule has 1 heterocycles. The minimum absolute atomic E-state index is 0.535. The van der Waals surface area contributed by atoms with Crippen LogP contribution in [-0.4, -0.2) is 10.7 Å². The molecule has 2 rings (SSSR count). The summed E-state index contributed by atoms with van der Waals surface area (Å²) >= 11 is 21.3. The maximum atomic E-state index is 6.05. The molecule has 0 radical (unpaired) electrons. The van der Waals surface area contributed by atoms with Gasteiger partial charge in [0.2, 0.25) is 0 Å². The van der Waals surface area contributed by atoms with Gasteiger partial charge in [0.25, 0.3) is 0 Å². The van der Waals surface area contributed by atoms with E-state index in [-0.39, 0.29) is 0 Å². The Morgan fingerprint density at radius 3 is 2.68 bits per heavy atom. The topological polar surface area (TPSA) is 12.9 Å². The molecular formula is C13H12Cl3NS2. The summed E-state index contributed by atoms with van der Waals surface area (Å²) in [5, 5.41) is 1.08. The molecule has 6 heteroatoms. The first-order valence-corrected chi connectivity index (χ1v) is 8.80. The van der Waals surface area contributed by atoms with E-state index in [1.54, 1.807) is 17.8 Å². The Kier molecular flexibility index (Phi) is 5.85. The summed E-state index contributed by atoms with van der Waals surface area (Å²) in [4.78, 5) is 4.39. The van der Waals surface area contributed by atoms with Gasteiger partial charge in [0.15, 0.2) is 4.47 Å². The highest BCUT2D eigenvalue weighted by Gasteiger charge is 2.13. The fourth-order valence-electron chi connectivity index (χ4n) is 1.51. The Morgan fingerprint density at radius 1 is 1.21 bits per heavy atom. The number of aromatic nitrogens is 1. The summed E-state index contributed by atoms with van der Waals surface area (Å²) < 4.78 is 1.69. The predicted molar refractivity (Wildman–Crippen MR) is 88.2 cm³/mol. The smallest absolute Gasteiger partial charge is 0.185 e. The molecule has 2 aromatic rings. The fourth-order valence-corrected chi connectivity index (χ4v) is 4.46. The van der Waals surface area contributed by atoms with Crippen molar-refractivity contribution in [2.45, 2.75) is 24.0 Å². The van der Waals surface area contributed by atoms with Gasteiger partial charge < -0.3 is 0 Å². The average Bonchev–Trinajstić information content (AvgIpc) is 2.74. The van der Waals surface area contributed by atoms with Crippen LogP contribution < -0.4 is 0 Å². The van der Waals surface area contributed by atoms with Crippen LogP contribution in [0.4, 0.5) is 0 Å². The van der Waals surface area contributed by atoms with Crippen LogP contribution in [0.2, 0.25) is 14.5 Å². The van der Waals surface area contributed by atoms with Gasteiger partial charge >= 0.3 is 0 Å². The zero-order valence-electron chi connectivity index (χ0n) is 10.3. The highest BCUT2D eigenvalue weighted by Crippen LogP contribution is 2.39. The molecule has 0 bridgehead atoms. The number of hydrogen-bond donors (Lipinski definition) is 0. The summed E-state index contributed by atoms with van der Waals surface area (Å²) in [6.45, 7) is 2.18. The van der Waals surface area contributed by atoms with Crippen LogP contribution in [0.15, 0.2) is 22.4 Å². The Morgan fingerprint density at radius 2 is 2.00 bits per heavy atom. The van der Waals surface area contributed by atoms with Crippen LogP contribution in [0, 0.1) is 0 Å². The van der Waals surface area contributed by atoms with Gasteiger partial charge in [-0.05, 0) is 24.3 Å². The van der Waals surface area contributed by atoms with Crippen molar-refractivity contribution in [1.82, 2.24) is 4.98 Å². The van der Waals surface area contributed by atoms with Crippen molar-refractivity contribution in [2.24, 2.45) is 0 Å². The molecule has 0 saturated heterocycles. The molecule has 0 aliphatic heterocycles. The van der Waals surface area contributed by atoms with E-state index in [1.165, 1.54) is 24.2 Å². The third-order valence-electron chi connectivity index (χ3n) is 2.49. The van der Waals surface area contributed by atoms with Crippen molar-refractivity contribution in [3.8, 4) is 11.3 Å². The molecule has 0 atom stereocenters. The summed E-state index contributed by atoms with van der Waals surface area (Å²) in [6, 6.07) is 5.54. The molecule has 1 nitrogen and oxygen atoms in total. The molecule has 19 heavy (non-hydrogen) atoms. The molecule has 1 aromatic carbocycles. The molecule has 1 aromatic heterocycles. The van der Waals surface area contributed by atoms with Gasteiger partial charge in [0, 0.05) is 5.56 Å². The van der Waals surface area contributed by atoms with E-state index in [9.17, 15) is 0 Å². The monoisotopic (exact) mass is 351 g/mol. The largest absolute Gasteiger partial charge is 0.224 e. The Hall–Kier alpha value is 0.0700. The Bertz CT molecular complexity index is 569. The van der Waals surface area contributed by atoms with Crippen LogP contribution in [0.3, 0.4) is 0 Å². The average molecular weight is 353 g/mol. The summed E-state index contributed by atoms with van der Waals surface area (Å²) in [7, 11) is 0. The zero-order chi connectivity index (χ0) is 13.8. The van der Waals surface area contributed by atoms with E-state index in [0.717, 1.165) is 21.2 Å². The number of hydrogen-bond acceptors (Lipinski definition) is 3. The first-order chi connectivity index (χ1) is 9.11. The zero-order valence-corrected chi connectivity index (χ0v) is 14.2. The van der Waals surface area contributed by atoms with E-state index >= 15 is 0 Å². The highest BCUT2D eigenvalue weighted by atomic mass is 35.5. The number of benzene rings is 1. The Balaban J connectivity index is 2.29. The molecule has 0 spiro atoms. The lowest BCUT2D eigenvalue weighted by atomic mass is 10.2. The second kappa shape index (κ2) is 7.19. The molecule has 0 saturated carbocycles. The SMILES string of the molecule is CCCCSc1sc(Cl)nc1-c1ccc(Cl)c(Cl)c1. The van der Waals surface area contributed by atoms with E-state index < -0.39 is 0 Å². The quantitative estimate of drug-likeness (QED) is 0.440. The van der Waals surface area contributed by atoms with E-state index in [4.69, 9.17) is 34.8 Å². The summed E-state index contributed by atoms with van der Waals surface area (Å²) in [6.07, 6.45) is 2.36. The second-order valence-electron chi connectivity index (χ2n) is 3.93. The summed E-state index contributed by atoms with van der Waals surface area (Å²) in [5.74, 6) is 1.07. The maximum absolute atomic E-state index is 6.05. The minimum atomic E-state index is 0.535. The van der Waals surface area contributed by atoms with Crippen LogP contribution in [0.25, 0.3) is 11.3 Å².